The average Bonchev–Trinajstić information content (AvgIpc) is 3.16. The molecule has 0 aliphatic heterocycles. The Kier molecular flexibility index (Phi) is 16.6. The number of carboxylic acids is 1. The number of nitrogens with two attached hydrogens (primary N) is 1. The molecule has 4 amide bonds. The Hall–Kier alpha value is -6.47. The number of non-ortho nitro benzene ring substituents is 1. The fraction of sp³-hybridized carbons (Fsp3) is 0.361. The first-order chi connectivity index (χ1) is 26.2. The standard InChI is InChI=1S/C36H44N8O11/c1-22(39-35(49)30(21-45)42-33(47)26(37)18-23-10-4-2-5-11-23)32(46)41-29(19-24-12-6-3-7-13-24)34(48)40-28(36(50)51)14-8-9-17-38-27-16-15-25(43(52)53)20-31(27)44(54)55/h2-7,10-13,15-16,20,22,26,28-30,38,45H,8-9,14,17-19,21,37H2,1H3,(H,39,49)(H,40,48)(H,41,46)(H,42,47)(H,50,51)/t22-,26-,28-,29-,30-/m0/s1. The van der Waals surface area contributed by atoms with Gasteiger partial charge >= 0.3 is 5.97 Å². The predicted octanol–water partition coefficient (Wildman–Crippen LogP) is 0.934. The van der Waals surface area contributed by atoms with E-state index in [9.17, 15) is 54.4 Å². The van der Waals surface area contributed by atoms with Crippen LogP contribution >= 0.6 is 0 Å². The third-order valence-electron chi connectivity index (χ3n) is 8.36. The summed E-state index contributed by atoms with van der Waals surface area (Å²) in [5.74, 6) is -4.58. The molecule has 9 N–H and O–H groups in total. The van der Waals surface area contributed by atoms with Crippen molar-refractivity contribution in [3.8, 4) is 0 Å². The van der Waals surface area contributed by atoms with E-state index in [4.69, 9.17) is 5.73 Å². The summed E-state index contributed by atoms with van der Waals surface area (Å²) in [6.45, 7) is 0.671. The highest BCUT2D eigenvalue weighted by Crippen LogP contribution is 2.29. The molecular weight excluding hydrogens is 720 g/mol. The topological polar surface area (TPSA) is 298 Å². The number of nitrogens with zero attached hydrogens (tertiary/aromatic N) is 2. The number of hydrogen-bond donors (Lipinski definition) is 8. The number of amides is 4. The zero-order chi connectivity index (χ0) is 40.5. The van der Waals surface area contributed by atoms with Crippen molar-refractivity contribution < 1.29 is 44.0 Å². The Labute approximate surface area is 315 Å². The molecule has 0 aliphatic rings. The highest BCUT2D eigenvalue weighted by molar-refractivity contribution is 5.95. The highest BCUT2D eigenvalue weighted by Gasteiger charge is 2.30. The molecule has 19 heteroatoms. The first kappa shape index (κ1) is 42.9. The van der Waals surface area contributed by atoms with Crippen LogP contribution in [0, 0.1) is 20.2 Å². The molecule has 0 aliphatic carbocycles. The summed E-state index contributed by atoms with van der Waals surface area (Å²) in [7, 11) is 0. The maximum absolute atomic E-state index is 13.5. The SMILES string of the molecule is C[C@H](NC(=O)[C@H](CO)NC(=O)[C@@H](N)Cc1ccccc1)C(=O)N[C@@H](Cc1ccccc1)C(=O)N[C@@H](CCCCNc1ccc([N+](=O)[O-])cc1[N+](=O)[O-])C(=O)O. The number of nitrogens with one attached hydrogen (secondary N) is 5. The number of aliphatic hydroxyl groups excluding tert-OH is 1. The van der Waals surface area contributed by atoms with Gasteiger partial charge in [-0.2, -0.15) is 0 Å². The number of nitro groups is 2. The molecule has 19 nitrogen and oxygen atoms in total. The second-order valence-electron chi connectivity index (χ2n) is 12.6. The van der Waals surface area contributed by atoms with Crippen LogP contribution in [0.4, 0.5) is 17.1 Å². The van der Waals surface area contributed by atoms with Crippen molar-refractivity contribution >= 4 is 46.7 Å². The van der Waals surface area contributed by atoms with Crippen molar-refractivity contribution in [2.45, 2.75) is 69.2 Å². The van der Waals surface area contributed by atoms with Crippen LogP contribution in [0.3, 0.4) is 0 Å². The van der Waals surface area contributed by atoms with E-state index in [0.29, 0.717) is 12.0 Å². The van der Waals surface area contributed by atoms with E-state index in [1.807, 2.05) is 0 Å². The predicted molar refractivity (Wildman–Crippen MR) is 198 cm³/mol. The number of rotatable bonds is 22. The van der Waals surface area contributed by atoms with Gasteiger partial charge in [-0.05, 0) is 49.8 Å². The fourth-order valence-corrected chi connectivity index (χ4v) is 5.33. The molecule has 5 atom stereocenters. The first-order valence-corrected chi connectivity index (χ1v) is 17.2. The molecular formula is C36H44N8O11. The number of carboxylic acid groups (broad SMARTS) is 1. The van der Waals surface area contributed by atoms with Crippen molar-refractivity contribution in [2.24, 2.45) is 5.73 Å². The van der Waals surface area contributed by atoms with Crippen LogP contribution in [0.2, 0.25) is 0 Å². The summed E-state index contributed by atoms with van der Waals surface area (Å²) in [5, 5.41) is 54.6. The third-order valence-corrected chi connectivity index (χ3v) is 8.36. The van der Waals surface area contributed by atoms with Gasteiger partial charge in [0.15, 0.2) is 0 Å². The molecule has 294 valence electrons. The van der Waals surface area contributed by atoms with Gasteiger partial charge in [-0.1, -0.05) is 60.7 Å². The number of anilines is 1. The number of hydrogen-bond acceptors (Lipinski definition) is 12. The van der Waals surface area contributed by atoms with E-state index in [0.717, 1.165) is 17.7 Å². The van der Waals surface area contributed by atoms with Gasteiger partial charge in [0.2, 0.25) is 23.6 Å². The van der Waals surface area contributed by atoms with Gasteiger partial charge in [0, 0.05) is 19.0 Å². The Morgan fingerprint density at radius 2 is 1.27 bits per heavy atom. The smallest absolute Gasteiger partial charge is 0.326 e. The summed E-state index contributed by atoms with van der Waals surface area (Å²) in [6, 6.07) is 14.2. The lowest BCUT2D eigenvalue weighted by Crippen LogP contribution is -2.58. The molecule has 0 heterocycles. The maximum Gasteiger partial charge on any atom is 0.326 e. The van der Waals surface area contributed by atoms with Crippen molar-refractivity contribution in [2.75, 3.05) is 18.5 Å². The lowest BCUT2D eigenvalue weighted by atomic mass is 10.0. The quantitative estimate of drug-likeness (QED) is 0.0402. The number of carbonyl (C=O) groups is 5. The van der Waals surface area contributed by atoms with Crippen LogP contribution in [0.5, 0.6) is 0 Å². The largest absolute Gasteiger partial charge is 0.480 e. The minimum atomic E-state index is -1.44. The molecule has 0 radical (unpaired) electrons. The van der Waals surface area contributed by atoms with E-state index in [1.165, 1.54) is 13.0 Å². The summed E-state index contributed by atoms with van der Waals surface area (Å²) < 4.78 is 0. The molecule has 0 unspecified atom stereocenters. The number of unbranched alkanes of at least 4 members (excludes halogenated alkanes) is 1. The molecule has 0 aromatic heterocycles. The van der Waals surface area contributed by atoms with Gasteiger partial charge in [0.1, 0.15) is 29.9 Å². The van der Waals surface area contributed by atoms with Crippen molar-refractivity contribution in [3.05, 3.63) is 110 Å². The molecule has 3 aromatic carbocycles. The van der Waals surface area contributed by atoms with Crippen LogP contribution in [-0.2, 0) is 36.8 Å². The molecule has 3 aromatic rings. The second kappa shape index (κ2) is 21.3. The Morgan fingerprint density at radius 1 is 0.709 bits per heavy atom. The summed E-state index contributed by atoms with van der Waals surface area (Å²) in [4.78, 5) is 85.3. The number of nitro benzene ring substituents is 2. The van der Waals surface area contributed by atoms with Crippen molar-refractivity contribution in [1.29, 1.82) is 0 Å². The van der Waals surface area contributed by atoms with Gasteiger partial charge in [-0.3, -0.25) is 39.4 Å². The fourth-order valence-electron chi connectivity index (χ4n) is 5.33. The minimum absolute atomic E-state index is 0.0437. The van der Waals surface area contributed by atoms with Gasteiger partial charge in [-0.15, -0.1) is 0 Å². The lowest BCUT2D eigenvalue weighted by molar-refractivity contribution is -0.393. The summed E-state index contributed by atoms with van der Waals surface area (Å²) in [6.07, 6.45) is 0.630. The Balaban J connectivity index is 1.59. The highest BCUT2D eigenvalue weighted by atomic mass is 16.6. The number of carbonyl (C=O) groups excluding carboxylic acids is 4. The van der Waals surface area contributed by atoms with Crippen LogP contribution in [0.15, 0.2) is 78.9 Å². The van der Waals surface area contributed by atoms with Gasteiger partial charge in [0.25, 0.3) is 11.4 Å². The molecule has 0 spiro atoms. The molecule has 0 fully saturated rings. The number of aliphatic carboxylic acids is 1. The lowest BCUT2D eigenvalue weighted by Gasteiger charge is -2.24. The van der Waals surface area contributed by atoms with Crippen LogP contribution in [0.1, 0.15) is 37.3 Å². The van der Waals surface area contributed by atoms with E-state index >= 15 is 0 Å². The molecule has 0 saturated heterocycles. The summed E-state index contributed by atoms with van der Waals surface area (Å²) >= 11 is 0. The van der Waals surface area contributed by atoms with Gasteiger partial charge in [-0.25, -0.2) is 4.79 Å². The van der Waals surface area contributed by atoms with E-state index in [1.54, 1.807) is 60.7 Å². The number of benzene rings is 3. The normalized spacial score (nSPS) is 13.5. The average molecular weight is 765 g/mol. The van der Waals surface area contributed by atoms with Crippen LogP contribution in [-0.4, -0.2) is 93.0 Å². The zero-order valence-electron chi connectivity index (χ0n) is 29.9. The molecule has 55 heavy (non-hydrogen) atoms. The van der Waals surface area contributed by atoms with Crippen LogP contribution in [0.25, 0.3) is 0 Å². The number of aliphatic hydroxyl groups is 1. The first-order valence-electron chi connectivity index (χ1n) is 17.2. The van der Waals surface area contributed by atoms with E-state index in [-0.39, 0.29) is 37.9 Å². The molecule has 3 rings (SSSR count). The van der Waals surface area contributed by atoms with Crippen LogP contribution < -0.4 is 32.3 Å². The Morgan fingerprint density at radius 3 is 1.84 bits per heavy atom. The van der Waals surface area contributed by atoms with Gasteiger partial charge < -0.3 is 42.5 Å². The maximum atomic E-state index is 13.5. The summed E-state index contributed by atoms with van der Waals surface area (Å²) in [5.41, 5.74) is 6.50. The third kappa shape index (κ3) is 13.8. The Bertz CT molecular complexity index is 1810. The zero-order valence-corrected chi connectivity index (χ0v) is 29.9. The monoisotopic (exact) mass is 764 g/mol. The van der Waals surface area contributed by atoms with Crippen molar-refractivity contribution in [1.82, 2.24) is 21.3 Å². The minimum Gasteiger partial charge on any atom is -0.480 e. The van der Waals surface area contributed by atoms with Crippen molar-refractivity contribution in [3.63, 3.8) is 0 Å². The molecule has 0 saturated carbocycles. The van der Waals surface area contributed by atoms with Gasteiger partial charge in [0.05, 0.1) is 28.6 Å². The van der Waals surface area contributed by atoms with E-state index in [2.05, 4.69) is 26.6 Å². The molecule has 0 bridgehead atoms. The van der Waals surface area contributed by atoms with E-state index < -0.39 is 87.6 Å². The second-order valence-corrected chi connectivity index (χ2v) is 12.6.